The van der Waals surface area contributed by atoms with Crippen LogP contribution in [0.3, 0.4) is 0 Å². The number of rotatable bonds is 6. The highest BCUT2D eigenvalue weighted by Crippen LogP contribution is 2.28. The summed E-state index contributed by atoms with van der Waals surface area (Å²) in [5.41, 5.74) is -1.25. The van der Waals surface area contributed by atoms with Crippen LogP contribution in [0.2, 0.25) is 0 Å². The van der Waals surface area contributed by atoms with Crippen molar-refractivity contribution in [2.75, 3.05) is 0 Å². The molecule has 5 atom stereocenters. The molecule has 13 nitrogen and oxygen atoms in total. The molecule has 142 valence electrons. The van der Waals surface area contributed by atoms with Crippen LogP contribution in [-0.2, 0) is 20.9 Å². The molecule has 1 heterocycles. The van der Waals surface area contributed by atoms with E-state index < -0.39 is 64.5 Å². The topological polar surface area (TPSA) is 203 Å². The number of nitro benzene ring substituents is 2. The van der Waals surface area contributed by atoms with Gasteiger partial charge >= 0.3 is 5.97 Å². The Kier molecular flexibility index (Phi) is 5.79. The third-order valence-corrected chi connectivity index (χ3v) is 3.69. The molecule has 1 aromatic carbocycles. The zero-order chi connectivity index (χ0) is 19.6. The first kappa shape index (κ1) is 19.6. The van der Waals surface area contributed by atoms with Crippen LogP contribution in [0, 0.1) is 20.2 Å². The van der Waals surface area contributed by atoms with Crippen molar-refractivity contribution in [2.24, 2.45) is 0 Å². The Hall–Kier alpha value is -2.71. The fraction of sp³-hybridized carbons (Fsp3) is 0.462. The van der Waals surface area contributed by atoms with Gasteiger partial charge in [-0.05, 0) is 6.07 Å². The maximum atomic E-state index is 11.0. The third kappa shape index (κ3) is 3.92. The molecule has 26 heavy (non-hydrogen) atoms. The van der Waals surface area contributed by atoms with Gasteiger partial charge in [-0.3, -0.25) is 20.2 Å². The lowest BCUT2D eigenvalue weighted by molar-refractivity contribution is -0.395. The number of hydrogen-bond donors (Lipinski definition) is 4. The Morgan fingerprint density at radius 3 is 2.31 bits per heavy atom. The number of ether oxygens (including phenoxy) is 2. The number of nitrogens with zero attached hydrogens (tertiary/aromatic N) is 2. The number of aliphatic hydroxyl groups is 3. The predicted molar refractivity (Wildman–Crippen MR) is 78.9 cm³/mol. The summed E-state index contributed by atoms with van der Waals surface area (Å²) >= 11 is 0. The highest BCUT2D eigenvalue weighted by Gasteiger charge is 2.47. The highest BCUT2D eigenvalue weighted by atomic mass is 16.7. The van der Waals surface area contributed by atoms with Gasteiger partial charge < -0.3 is 29.9 Å². The molecule has 0 radical (unpaired) electrons. The molecule has 4 N–H and O–H groups in total. The largest absolute Gasteiger partial charge is 0.479 e. The molecule has 1 aromatic rings. The SMILES string of the molecule is O=C(O)C1OC(OCc2ccc([N+](=O)[O-])cc2[N+](=O)[O-])C(O)C(O)C1O. The molecule has 0 saturated carbocycles. The second-order valence-electron chi connectivity index (χ2n) is 5.37. The lowest BCUT2D eigenvalue weighted by Gasteiger charge is -2.38. The van der Waals surface area contributed by atoms with Crippen LogP contribution in [0.4, 0.5) is 11.4 Å². The van der Waals surface area contributed by atoms with E-state index in [1.807, 2.05) is 0 Å². The lowest BCUT2D eigenvalue weighted by atomic mass is 9.99. The van der Waals surface area contributed by atoms with Crippen LogP contribution in [0.5, 0.6) is 0 Å². The van der Waals surface area contributed by atoms with E-state index >= 15 is 0 Å². The second-order valence-corrected chi connectivity index (χ2v) is 5.37. The molecule has 5 unspecified atom stereocenters. The van der Waals surface area contributed by atoms with Gasteiger partial charge in [0.15, 0.2) is 12.4 Å². The fourth-order valence-corrected chi connectivity index (χ4v) is 2.32. The van der Waals surface area contributed by atoms with Gasteiger partial charge in [-0.2, -0.15) is 0 Å². The maximum Gasteiger partial charge on any atom is 0.335 e. The summed E-state index contributed by atoms with van der Waals surface area (Å²) in [5.74, 6) is -1.61. The van der Waals surface area contributed by atoms with Crippen LogP contribution in [0.1, 0.15) is 5.56 Å². The van der Waals surface area contributed by atoms with E-state index in [1.54, 1.807) is 0 Å². The first-order valence-corrected chi connectivity index (χ1v) is 7.09. The normalized spacial score (nSPS) is 28.5. The summed E-state index contributed by atoms with van der Waals surface area (Å²) in [6.45, 7) is -0.578. The van der Waals surface area contributed by atoms with Gasteiger partial charge in [0.25, 0.3) is 11.4 Å². The molecule has 1 saturated heterocycles. The van der Waals surface area contributed by atoms with Crippen LogP contribution >= 0.6 is 0 Å². The molecule has 0 aliphatic carbocycles. The quantitative estimate of drug-likeness (QED) is 0.348. The van der Waals surface area contributed by atoms with Crippen LogP contribution < -0.4 is 0 Å². The van der Waals surface area contributed by atoms with Gasteiger partial charge in [0, 0.05) is 6.07 Å². The molecule has 1 aliphatic heterocycles. The van der Waals surface area contributed by atoms with E-state index in [1.165, 1.54) is 0 Å². The summed E-state index contributed by atoms with van der Waals surface area (Å²) in [4.78, 5) is 31.0. The Balaban J connectivity index is 2.18. The predicted octanol–water partition coefficient (Wildman–Crippen LogP) is -1.09. The summed E-state index contributed by atoms with van der Waals surface area (Å²) in [6, 6.07) is 2.78. The average Bonchev–Trinajstić information content (AvgIpc) is 2.58. The molecule has 2 rings (SSSR count). The van der Waals surface area contributed by atoms with E-state index in [0.717, 1.165) is 18.2 Å². The number of benzene rings is 1. The van der Waals surface area contributed by atoms with Crippen LogP contribution in [-0.4, -0.2) is 66.9 Å². The summed E-state index contributed by atoms with van der Waals surface area (Å²) < 4.78 is 9.96. The molecule has 1 fully saturated rings. The first-order valence-electron chi connectivity index (χ1n) is 7.09. The number of aliphatic carboxylic acids is 1. The molecular formula is C13H14N2O11. The Labute approximate surface area is 144 Å². The van der Waals surface area contributed by atoms with Gasteiger partial charge in [-0.15, -0.1) is 0 Å². The third-order valence-electron chi connectivity index (χ3n) is 3.69. The zero-order valence-electron chi connectivity index (χ0n) is 12.9. The van der Waals surface area contributed by atoms with Crippen molar-refractivity contribution in [1.29, 1.82) is 0 Å². The summed E-state index contributed by atoms with van der Waals surface area (Å²) in [7, 11) is 0. The summed E-state index contributed by atoms with van der Waals surface area (Å²) in [5, 5.41) is 59.7. The highest BCUT2D eigenvalue weighted by molar-refractivity contribution is 5.73. The lowest BCUT2D eigenvalue weighted by Crippen LogP contribution is -2.60. The monoisotopic (exact) mass is 374 g/mol. The Morgan fingerprint density at radius 2 is 1.77 bits per heavy atom. The minimum Gasteiger partial charge on any atom is -0.479 e. The standard InChI is InChI=1S/C13H14N2O11/c16-8-9(17)11(12(19)20)26-13(10(8)18)25-4-5-1-2-6(14(21)22)3-7(5)15(23)24/h1-3,8-11,13,16-18H,4H2,(H,19,20). The van der Waals surface area contributed by atoms with E-state index in [4.69, 9.17) is 14.6 Å². The van der Waals surface area contributed by atoms with Gasteiger partial charge in [-0.1, -0.05) is 0 Å². The molecule has 0 amide bonds. The number of carbonyl (C=O) groups is 1. The number of non-ortho nitro benzene ring substituents is 1. The zero-order valence-corrected chi connectivity index (χ0v) is 12.9. The van der Waals surface area contributed by atoms with Crippen molar-refractivity contribution in [3.63, 3.8) is 0 Å². The maximum absolute atomic E-state index is 11.0. The van der Waals surface area contributed by atoms with Gasteiger partial charge in [0.1, 0.15) is 18.3 Å². The van der Waals surface area contributed by atoms with Gasteiger partial charge in [-0.25, -0.2) is 4.79 Å². The number of carboxylic acid groups (broad SMARTS) is 1. The minimum absolute atomic E-state index is 0.108. The van der Waals surface area contributed by atoms with Crippen molar-refractivity contribution >= 4 is 17.3 Å². The van der Waals surface area contributed by atoms with Crippen molar-refractivity contribution in [1.82, 2.24) is 0 Å². The van der Waals surface area contributed by atoms with Crippen LogP contribution in [0.25, 0.3) is 0 Å². The molecular weight excluding hydrogens is 360 g/mol. The number of carboxylic acids is 1. The number of hydrogen-bond acceptors (Lipinski definition) is 10. The van der Waals surface area contributed by atoms with E-state index in [-0.39, 0.29) is 5.56 Å². The smallest absolute Gasteiger partial charge is 0.335 e. The molecule has 1 aliphatic rings. The van der Waals surface area contributed by atoms with E-state index in [9.17, 15) is 40.3 Å². The van der Waals surface area contributed by atoms with Crippen molar-refractivity contribution in [3.05, 3.63) is 44.0 Å². The van der Waals surface area contributed by atoms with Crippen molar-refractivity contribution < 1.29 is 44.5 Å². The summed E-state index contributed by atoms with van der Waals surface area (Å²) in [6.07, 6.45) is -9.20. The number of aliphatic hydroxyl groups excluding tert-OH is 3. The molecule has 0 bridgehead atoms. The minimum atomic E-state index is -1.91. The van der Waals surface area contributed by atoms with E-state index in [0.29, 0.717) is 0 Å². The molecule has 0 spiro atoms. The van der Waals surface area contributed by atoms with Crippen molar-refractivity contribution in [2.45, 2.75) is 37.3 Å². The first-order chi connectivity index (χ1) is 12.1. The second kappa shape index (κ2) is 7.67. The Bertz CT molecular complexity index is 724. The fourth-order valence-electron chi connectivity index (χ4n) is 2.32. The molecule has 0 aromatic heterocycles. The van der Waals surface area contributed by atoms with Gasteiger partial charge in [0.2, 0.25) is 0 Å². The molecule has 13 heteroatoms. The number of nitro groups is 2. The van der Waals surface area contributed by atoms with E-state index in [2.05, 4.69) is 0 Å². The van der Waals surface area contributed by atoms with Crippen LogP contribution in [0.15, 0.2) is 18.2 Å². The Morgan fingerprint density at radius 1 is 1.12 bits per heavy atom. The average molecular weight is 374 g/mol. The van der Waals surface area contributed by atoms with Gasteiger partial charge in [0.05, 0.1) is 28.1 Å². The van der Waals surface area contributed by atoms with Crippen molar-refractivity contribution in [3.8, 4) is 0 Å².